The van der Waals surface area contributed by atoms with Crippen molar-refractivity contribution in [1.82, 2.24) is 9.78 Å². The smallest absolute Gasteiger partial charge is 0.324 e. The van der Waals surface area contributed by atoms with Crippen LogP contribution in [0.4, 0.5) is 16.3 Å². The lowest BCUT2D eigenvalue weighted by Gasteiger charge is -2.15. The van der Waals surface area contributed by atoms with Crippen molar-refractivity contribution in [2.45, 2.75) is 46.0 Å². The fourth-order valence-corrected chi connectivity index (χ4v) is 6.41. The van der Waals surface area contributed by atoms with E-state index in [1.54, 1.807) is 4.68 Å². The van der Waals surface area contributed by atoms with Crippen LogP contribution in [-0.4, -0.2) is 38.5 Å². The average Bonchev–Trinajstić information content (AvgIpc) is 3.52. The Kier molecular flexibility index (Phi) is 7.86. The van der Waals surface area contributed by atoms with Crippen LogP contribution in [0.25, 0.3) is 16.5 Å². The van der Waals surface area contributed by atoms with Gasteiger partial charge >= 0.3 is 6.03 Å². The number of ether oxygens (including phenoxy) is 1. The number of hydrogen-bond acceptors (Lipinski definition) is 4. The Labute approximate surface area is 233 Å². The van der Waals surface area contributed by atoms with Crippen molar-refractivity contribution in [2.24, 2.45) is 5.92 Å². The second-order valence-electron chi connectivity index (χ2n) is 11.3. The number of fused-ring (bicyclic) bond motifs is 1. The first-order chi connectivity index (χ1) is 18.7. The van der Waals surface area contributed by atoms with Gasteiger partial charge in [0.25, 0.3) is 0 Å². The number of hydrogen-bond donors (Lipinski definition) is 2. The van der Waals surface area contributed by atoms with Gasteiger partial charge in [-0.3, -0.25) is 5.32 Å². The van der Waals surface area contributed by atoms with E-state index in [9.17, 15) is 9.35 Å². The number of rotatable bonds is 7. The lowest BCUT2D eigenvalue weighted by atomic mass is 9.92. The maximum atomic E-state index is 13.2. The van der Waals surface area contributed by atoms with Crippen LogP contribution in [0.2, 0.25) is 0 Å². The van der Waals surface area contributed by atoms with E-state index in [0.717, 1.165) is 57.8 Å². The molecule has 1 fully saturated rings. The number of carbonyl (C=O) groups is 1. The fourth-order valence-electron chi connectivity index (χ4n) is 4.79. The molecule has 204 valence electrons. The second-order valence-corrected chi connectivity index (χ2v) is 12.9. The van der Waals surface area contributed by atoms with Crippen molar-refractivity contribution in [2.75, 3.05) is 28.7 Å². The molecule has 8 heteroatoms. The van der Waals surface area contributed by atoms with Crippen LogP contribution in [0.1, 0.15) is 44.9 Å². The highest BCUT2D eigenvalue weighted by molar-refractivity contribution is 7.91. The molecule has 39 heavy (non-hydrogen) atoms. The van der Waals surface area contributed by atoms with Crippen LogP contribution in [0.3, 0.4) is 0 Å². The largest absolute Gasteiger partial charge is 0.616 e. The standard InChI is InChI=1S/C31H36N4O3S/c1-21-9-11-23(12-10-21)35-29(19-28(34-35)31(2,3)4)33-30(36)32-26-13-14-27(25-8-6-5-7-24(25)26)38-17-15-22-16-18-39(37)20-22/h5-14,19,22H,15-18,20H2,1-4H3,(H2,32,33,36). The van der Waals surface area contributed by atoms with Gasteiger partial charge in [0.05, 0.1) is 23.7 Å². The van der Waals surface area contributed by atoms with Gasteiger partial charge in [0, 0.05) is 28.2 Å². The molecule has 2 unspecified atom stereocenters. The number of nitrogens with zero attached hydrogens (tertiary/aromatic N) is 2. The summed E-state index contributed by atoms with van der Waals surface area (Å²) in [7, 11) is 0. The molecule has 2 atom stereocenters. The zero-order valence-electron chi connectivity index (χ0n) is 23.0. The van der Waals surface area contributed by atoms with Crippen LogP contribution >= 0.6 is 0 Å². The third-order valence-corrected chi connectivity index (χ3v) is 8.62. The first-order valence-electron chi connectivity index (χ1n) is 13.4. The molecule has 0 bridgehead atoms. The van der Waals surface area contributed by atoms with Crippen molar-refractivity contribution in [1.29, 1.82) is 0 Å². The Balaban J connectivity index is 1.33. The minimum Gasteiger partial charge on any atom is -0.616 e. The summed E-state index contributed by atoms with van der Waals surface area (Å²) in [4.78, 5) is 13.2. The van der Waals surface area contributed by atoms with Gasteiger partial charge in [-0.2, -0.15) is 5.10 Å². The lowest BCUT2D eigenvalue weighted by Crippen LogP contribution is -2.21. The predicted octanol–water partition coefficient (Wildman–Crippen LogP) is 6.81. The predicted molar refractivity (Wildman–Crippen MR) is 160 cm³/mol. The first kappa shape index (κ1) is 27.1. The maximum absolute atomic E-state index is 13.2. The molecule has 0 radical (unpaired) electrons. The van der Waals surface area contributed by atoms with Crippen LogP contribution in [0.5, 0.6) is 5.75 Å². The average molecular weight is 545 g/mol. The van der Waals surface area contributed by atoms with E-state index in [1.807, 2.05) is 73.7 Å². The molecule has 7 nitrogen and oxygen atoms in total. The van der Waals surface area contributed by atoms with E-state index in [0.29, 0.717) is 24.0 Å². The number of anilines is 2. The normalized spacial score (nSPS) is 17.4. The van der Waals surface area contributed by atoms with Crippen molar-refractivity contribution in [3.05, 3.63) is 78.0 Å². The third kappa shape index (κ3) is 6.40. The van der Waals surface area contributed by atoms with E-state index in [2.05, 4.69) is 31.4 Å². The number of nitrogens with one attached hydrogen (secondary N) is 2. The van der Waals surface area contributed by atoms with Gasteiger partial charge < -0.3 is 14.6 Å². The molecule has 3 aromatic carbocycles. The highest BCUT2D eigenvalue weighted by atomic mass is 32.2. The summed E-state index contributed by atoms with van der Waals surface area (Å²) in [5.41, 5.74) is 3.43. The van der Waals surface area contributed by atoms with Crippen molar-refractivity contribution < 1.29 is 14.1 Å². The minimum atomic E-state index is -0.671. The van der Waals surface area contributed by atoms with Gasteiger partial charge in [0.1, 0.15) is 23.1 Å². The van der Waals surface area contributed by atoms with Crippen LogP contribution in [0.15, 0.2) is 66.7 Å². The molecule has 1 aliphatic rings. The summed E-state index contributed by atoms with van der Waals surface area (Å²) in [6.07, 6.45) is 1.91. The third-order valence-electron chi connectivity index (χ3n) is 7.09. The second kappa shape index (κ2) is 11.3. The minimum absolute atomic E-state index is 0.177. The number of amides is 2. The van der Waals surface area contributed by atoms with Gasteiger partial charge in [0.2, 0.25) is 0 Å². The SMILES string of the molecule is Cc1ccc(-n2nc(C(C)(C)C)cc2NC(=O)Nc2ccc(OCCC3CC[S+]([O-])C3)c3ccccc23)cc1. The highest BCUT2D eigenvalue weighted by Gasteiger charge is 2.26. The highest BCUT2D eigenvalue weighted by Crippen LogP contribution is 2.33. The summed E-state index contributed by atoms with van der Waals surface area (Å²) in [6, 6.07) is 21.3. The Morgan fingerprint density at radius 3 is 2.51 bits per heavy atom. The number of urea groups is 1. The molecule has 0 spiro atoms. The molecule has 4 aromatic rings. The Bertz CT molecular complexity index is 1460. The first-order valence-corrected chi connectivity index (χ1v) is 14.9. The van der Waals surface area contributed by atoms with Gasteiger partial charge in [-0.05, 0) is 44.0 Å². The summed E-state index contributed by atoms with van der Waals surface area (Å²) < 4.78 is 19.6. The van der Waals surface area contributed by atoms with Gasteiger partial charge in [-0.1, -0.05) is 73.9 Å². The van der Waals surface area contributed by atoms with E-state index in [1.165, 1.54) is 0 Å². The number of aromatic nitrogens is 2. The van der Waals surface area contributed by atoms with Crippen LogP contribution < -0.4 is 15.4 Å². The Hall–Kier alpha value is -3.49. The molecule has 2 N–H and O–H groups in total. The van der Waals surface area contributed by atoms with Crippen molar-refractivity contribution >= 4 is 39.5 Å². The molecule has 5 rings (SSSR count). The fraction of sp³-hybridized carbons (Fsp3) is 0.355. The van der Waals surface area contributed by atoms with E-state index in [4.69, 9.17) is 9.84 Å². The molecule has 1 saturated heterocycles. The van der Waals surface area contributed by atoms with Crippen molar-refractivity contribution in [3.63, 3.8) is 0 Å². The topological polar surface area (TPSA) is 91.2 Å². The number of benzene rings is 3. The number of carbonyl (C=O) groups excluding carboxylic acids is 1. The lowest BCUT2D eigenvalue weighted by molar-refractivity contribution is 0.262. The summed E-state index contributed by atoms with van der Waals surface area (Å²) in [6.45, 7) is 8.92. The quantitative estimate of drug-likeness (QED) is 0.250. The maximum Gasteiger partial charge on any atom is 0.324 e. The summed E-state index contributed by atoms with van der Waals surface area (Å²) >= 11 is -0.671. The molecule has 1 aliphatic heterocycles. The van der Waals surface area contributed by atoms with E-state index in [-0.39, 0.29) is 11.4 Å². The molecule has 2 heterocycles. The van der Waals surface area contributed by atoms with Gasteiger partial charge in [0.15, 0.2) is 0 Å². The monoisotopic (exact) mass is 544 g/mol. The van der Waals surface area contributed by atoms with Crippen LogP contribution in [0, 0.1) is 12.8 Å². The molecule has 2 amide bonds. The summed E-state index contributed by atoms with van der Waals surface area (Å²) in [5, 5.41) is 12.7. The number of aryl methyl sites for hydroxylation is 1. The van der Waals surface area contributed by atoms with Crippen molar-refractivity contribution in [3.8, 4) is 11.4 Å². The zero-order chi connectivity index (χ0) is 27.6. The molecule has 0 aliphatic carbocycles. The van der Waals surface area contributed by atoms with Gasteiger partial charge in [-0.25, -0.2) is 9.48 Å². The van der Waals surface area contributed by atoms with E-state index >= 15 is 0 Å². The van der Waals surface area contributed by atoms with E-state index < -0.39 is 11.2 Å². The molecule has 0 saturated carbocycles. The Morgan fingerprint density at radius 2 is 1.82 bits per heavy atom. The molecular weight excluding hydrogens is 508 g/mol. The molecule has 1 aromatic heterocycles. The zero-order valence-corrected chi connectivity index (χ0v) is 23.8. The summed E-state index contributed by atoms with van der Waals surface area (Å²) in [5.74, 6) is 3.43. The molecular formula is C31H36N4O3S. The Morgan fingerprint density at radius 1 is 1.08 bits per heavy atom. The van der Waals surface area contributed by atoms with Crippen LogP contribution in [-0.2, 0) is 16.6 Å². The van der Waals surface area contributed by atoms with Gasteiger partial charge in [-0.15, -0.1) is 0 Å².